The van der Waals surface area contributed by atoms with E-state index >= 15 is 0 Å². The highest BCUT2D eigenvalue weighted by Crippen LogP contribution is 2.13. The standard InChI is InChI=1S/C15H32N2/c1-3-4-5-6-7-8-11-16-13-15-10-9-12-17(2)14-15/h15-16H,3-14H2,1-2H3. The van der Waals surface area contributed by atoms with Gasteiger partial charge >= 0.3 is 0 Å². The van der Waals surface area contributed by atoms with Crippen molar-refractivity contribution in [3.63, 3.8) is 0 Å². The lowest BCUT2D eigenvalue weighted by molar-refractivity contribution is 0.206. The molecule has 1 rings (SSSR count). The van der Waals surface area contributed by atoms with Gasteiger partial charge in [0.25, 0.3) is 0 Å². The molecule has 0 aromatic carbocycles. The van der Waals surface area contributed by atoms with E-state index in [-0.39, 0.29) is 0 Å². The molecule has 0 radical (unpaired) electrons. The van der Waals surface area contributed by atoms with Gasteiger partial charge in [0.2, 0.25) is 0 Å². The van der Waals surface area contributed by atoms with Crippen molar-refractivity contribution in [2.75, 3.05) is 33.2 Å². The Morgan fingerprint density at radius 3 is 2.65 bits per heavy atom. The number of hydrogen-bond donors (Lipinski definition) is 1. The van der Waals surface area contributed by atoms with Gasteiger partial charge < -0.3 is 10.2 Å². The fourth-order valence-electron chi connectivity index (χ4n) is 2.78. The van der Waals surface area contributed by atoms with E-state index in [1.165, 1.54) is 77.5 Å². The Labute approximate surface area is 108 Å². The third kappa shape index (κ3) is 7.77. The van der Waals surface area contributed by atoms with Gasteiger partial charge in [-0.15, -0.1) is 0 Å². The molecule has 1 fully saturated rings. The van der Waals surface area contributed by atoms with E-state index < -0.39 is 0 Å². The van der Waals surface area contributed by atoms with Crippen LogP contribution in [-0.4, -0.2) is 38.1 Å². The lowest BCUT2D eigenvalue weighted by atomic mass is 9.98. The summed E-state index contributed by atoms with van der Waals surface area (Å²) in [5.74, 6) is 0.897. The normalized spacial score (nSPS) is 21.9. The Bertz CT molecular complexity index is 170. The van der Waals surface area contributed by atoms with Gasteiger partial charge in [0.05, 0.1) is 0 Å². The van der Waals surface area contributed by atoms with Crippen LogP contribution in [0.4, 0.5) is 0 Å². The first kappa shape index (κ1) is 15.0. The van der Waals surface area contributed by atoms with Crippen LogP contribution in [-0.2, 0) is 0 Å². The third-order valence-electron chi connectivity index (χ3n) is 3.86. The zero-order chi connectivity index (χ0) is 12.3. The van der Waals surface area contributed by atoms with E-state index in [0.717, 1.165) is 5.92 Å². The fourth-order valence-corrected chi connectivity index (χ4v) is 2.78. The van der Waals surface area contributed by atoms with Gasteiger partial charge in [0.1, 0.15) is 0 Å². The largest absolute Gasteiger partial charge is 0.316 e. The van der Waals surface area contributed by atoms with Crippen molar-refractivity contribution in [2.45, 2.75) is 58.3 Å². The number of nitrogens with one attached hydrogen (secondary N) is 1. The predicted molar refractivity (Wildman–Crippen MR) is 76.5 cm³/mol. The molecule has 1 saturated heterocycles. The highest BCUT2D eigenvalue weighted by Gasteiger charge is 2.15. The predicted octanol–water partition coefficient (Wildman–Crippen LogP) is 3.28. The van der Waals surface area contributed by atoms with Gasteiger partial charge in [0.15, 0.2) is 0 Å². The highest BCUT2D eigenvalue weighted by molar-refractivity contribution is 4.72. The molecule has 1 aliphatic rings. The topological polar surface area (TPSA) is 15.3 Å². The Morgan fingerprint density at radius 1 is 1.12 bits per heavy atom. The van der Waals surface area contributed by atoms with Crippen LogP contribution in [0, 0.1) is 5.92 Å². The molecular weight excluding hydrogens is 208 g/mol. The summed E-state index contributed by atoms with van der Waals surface area (Å²) in [6, 6.07) is 0. The van der Waals surface area contributed by atoms with Crippen molar-refractivity contribution in [3.8, 4) is 0 Å². The Kier molecular flexibility index (Phi) is 8.72. The summed E-state index contributed by atoms with van der Waals surface area (Å²) < 4.78 is 0. The van der Waals surface area contributed by atoms with E-state index in [4.69, 9.17) is 0 Å². The second-order valence-electron chi connectivity index (χ2n) is 5.74. The van der Waals surface area contributed by atoms with E-state index in [1.54, 1.807) is 0 Å². The van der Waals surface area contributed by atoms with Crippen LogP contribution in [0.1, 0.15) is 58.3 Å². The van der Waals surface area contributed by atoms with Crippen LogP contribution >= 0.6 is 0 Å². The molecule has 0 saturated carbocycles. The lowest BCUT2D eigenvalue weighted by Gasteiger charge is -2.29. The number of rotatable bonds is 9. The van der Waals surface area contributed by atoms with Gasteiger partial charge in [0, 0.05) is 6.54 Å². The quantitative estimate of drug-likeness (QED) is 0.622. The monoisotopic (exact) mass is 240 g/mol. The molecule has 1 heterocycles. The number of likely N-dealkylation sites (tertiary alicyclic amines) is 1. The maximum absolute atomic E-state index is 3.64. The molecule has 102 valence electrons. The molecule has 0 aromatic heterocycles. The highest BCUT2D eigenvalue weighted by atomic mass is 15.1. The first-order chi connectivity index (χ1) is 8.33. The molecule has 0 aliphatic carbocycles. The second kappa shape index (κ2) is 9.90. The van der Waals surface area contributed by atoms with Crippen molar-refractivity contribution < 1.29 is 0 Å². The minimum Gasteiger partial charge on any atom is -0.316 e. The van der Waals surface area contributed by atoms with Gasteiger partial charge in [-0.1, -0.05) is 39.0 Å². The summed E-state index contributed by atoms with van der Waals surface area (Å²) in [6.07, 6.45) is 11.2. The van der Waals surface area contributed by atoms with Gasteiger partial charge in [-0.05, 0) is 51.9 Å². The number of unbranched alkanes of at least 4 members (excludes halogenated alkanes) is 5. The summed E-state index contributed by atoms with van der Waals surface area (Å²) in [5, 5.41) is 3.64. The summed E-state index contributed by atoms with van der Waals surface area (Å²) >= 11 is 0. The van der Waals surface area contributed by atoms with E-state index in [0.29, 0.717) is 0 Å². The van der Waals surface area contributed by atoms with Gasteiger partial charge in [-0.25, -0.2) is 0 Å². The number of piperidine rings is 1. The Morgan fingerprint density at radius 2 is 1.88 bits per heavy atom. The summed E-state index contributed by atoms with van der Waals surface area (Å²) in [6.45, 7) is 7.34. The maximum atomic E-state index is 3.64. The van der Waals surface area contributed by atoms with E-state index in [2.05, 4.69) is 24.2 Å². The minimum atomic E-state index is 0.897. The lowest BCUT2D eigenvalue weighted by Crippen LogP contribution is -2.37. The van der Waals surface area contributed by atoms with Gasteiger partial charge in [-0.2, -0.15) is 0 Å². The Balaban J connectivity index is 1.83. The number of nitrogens with zero attached hydrogens (tertiary/aromatic N) is 1. The van der Waals surface area contributed by atoms with E-state index in [9.17, 15) is 0 Å². The molecule has 0 amide bonds. The van der Waals surface area contributed by atoms with Crippen LogP contribution in [0.25, 0.3) is 0 Å². The molecule has 0 aromatic rings. The fraction of sp³-hybridized carbons (Fsp3) is 1.00. The van der Waals surface area contributed by atoms with Crippen LogP contribution in [0.15, 0.2) is 0 Å². The van der Waals surface area contributed by atoms with Crippen LogP contribution in [0.2, 0.25) is 0 Å². The molecule has 2 heteroatoms. The molecule has 1 atom stereocenters. The zero-order valence-electron chi connectivity index (χ0n) is 12.0. The van der Waals surface area contributed by atoms with Crippen molar-refractivity contribution in [1.29, 1.82) is 0 Å². The molecule has 1 unspecified atom stereocenters. The van der Waals surface area contributed by atoms with Crippen LogP contribution in [0.3, 0.4) is 0 Å². The summed E-state index contributed by atoms with van der Waals surface area (Å²) in [7, 11) is 2.25. The van der Waals surface area contributed by atoms with Crippen LogP contribution in [0.5, 0.6) is 0 Å². The average Bonchev–Trinajstić information content (AvgIpc) is 2.33. The van der Waals surface area contributed by atoms with Crippen molar-refractivity contribution in [1.82, 2.24) is 10.2 Å². The van der Waals surface area contributed by atoms with E-state index in [1.807, 2.05) is 0 Å². The molecule has 2 nitrogen and oxygen atoms in total. The smallest absolute Gasteiger partial charge is 0.00187 e. The molecule has 1 aliphatic heterocycles. The van der Waals surface area contributed by atoms with Crippen molar-refractivity contribution in [3.05, 3.63) is 0 Å². The molecule has 0 spiro atoms. The molecule has 1 N–H and O–H groups in total. The minimum absolute atomic E-state index is 0.897. The molecular formula is C15H32N2. The van der Waals surface area contributed by atoms with Crippen LogP contribution < -0.4 is 5.32 Å². The summed E-state index contributed by atoms with van der Waals surface area (Å²) in [5.41, 5.74) is 0. The maximum Gasteiger partial charge on any atom is 0.00187 e. The zero-order valence-corrected chi connectivity index (χ0v) is 12.0. The average molecular weight is 240 g/mol. The Hall–Kier alpha value is -0.0800. The number of hydrogen-bond acceptors (Lipinski definition) is 2. The third-order valence-corrected chi connectivity index (χ3v) is 3.86. The molecule has 0 bridgehead atoms. The van der Waals surface area contributed by atoms with Crippen molar-refractivity contribution >= 4 is 0 Å². The summed E-state index contributed by atoms with van der Waals surface area (Å²) in [4.78, 5) is 2.47. The van der Waals surface area contributed by atoms with Gasteiger partial charge in [-0.3, -0.25) is 0 Å². The SMILES string of the molecule is CCCCCCCCNCC1CCCN(C)C1. The van der Waals surface area contributed by atoms with Crippen molar-refractivity contribution in [2.24, 2.45) is 5.92 Å². The first-order valence-corrected chi connectivity index (χ1v) is 7.72. The first-order valence-electron chi connectivity index (χ1n) is 7.72. The molecule has 17 heavy (non-hydrogen) atoms. The second-order valence-corrected chi connectivity index (χ2v) is 5.74.